The molecule has 0 unspecified atom stereocenters. The lowest BCUT2D eigenvalue weighted by atomic mass is 9.85. The van der Waals surface area contributed by atoms with Crippen molar-refractivity contribution in [2.24, 2.45) is 0 Å². The van der Waals surface area contributed by atoms with Crippen molar-refractivity contribution in [2.45, 2.75) is 56.2 Å². The minimum Gasteiger partial charge on any atom is -0.366 e. The number of carbonyl (C=O) groups is 1. The van der Waals surface area contributed by atoms with Crippen molar-refractivity contribution < 1.29 is 18.3 Å². The van der Waals surface area contributed by atoms with Gasteiger partial charge in [0.1, 0.15) is 6.61 Å². The SMILES string of the molecule is O=C1CO[C@@H]2CCC(F)(F)C[C@H]2N1C1CCNCC1. The molecular weight excluding hydrogens is 254 g/mol. The molecule has 6 heteroatoms. The Bertz CT molecular complexity index is 359. The maximum Gasteiger partial charge on any atom is 0.250 e. The number of carbonyl (C=O) groups excluding carboxylic acids is 1. The van der Waals surface area contributed by atoms with Gasteiger partial charge in [0.25, 0.3) is 0 Å². The topological polar surface area (TPSA) is 41.6 Å². The van der Waals surface area contributed by atoms with Crippen LogP contribution in [0.25, 0.3) is 0 Å². The van der Waals surface area contributed by atoms with Gasteiger partial charge < -0.3 is 15.0 Å². The van der Waals surface area contributed by atoms with Crippen molar-refractivity contribution in [3.8, 4) is 0 Å². The summed E-state index contributed by atoms with van der Waals surface area (Å²) in [6, 6.07) is -0.341. The summed E-state index contributed by atoms with van der Waals surface area (Å²) in [6.07, 6.45) is 1.48. The van der Waals surface area contributed by atoms with Crippen LogP contribution in [0, 0.1) is 0 Å². The monoisotopic (exact) mass is 274 g/mol. The highest BCUT2D eigenvalue weighted by molar-refractivity contribution is 5.79. The number of morpholine rings is 1. The van der Waals surface area contributed by atoms with Crippen LogP contribution in [0.5, 0.6) is 0 Å². The van der Waals surface area contributed by atoms with Crippen LogP contribution in [0.4, 0.5) is 8.78 Å². The number of nitrogens with one attached hydrogen (secondary N) is 1. The van der Waals surface area contributed by atoms with Crippen LogP contribution in [-0.4, -0.2) is 54.6 Å². The second-order valence-corrected chi connectivity index (χ2v) is 5.80. The molecule has 0 radical (unpaired) electrons. The molecule has 0 aromatic carbocycles. The second kappa shape index (κ2) is 4.98. The van der Waals surface area contributed by atoms with Crippen molar-refractivity contribution in [3.63, 3.8) is 0 Å². The molecule has 0 bridgehead atoms. The number of alkyl halides is 2. The van der Waals surface area contributed by atoms with Gasteiger partial charge >= 0.3 is 0 Å². The average Bonchev–Trinajstić information content (AvgIpc) is 2.38. The van der Waals surface area contributed by atoms with Crippen LogP contribution in [0.15, 0.2) is 0 Å². The molecule has 0 aromatic rings. The van der Waals surface area contributed by atoms with Gasteiger partial charge in [-0.2, -0.15) is 0 Å². The van der Waals surface area contributed by atoms with Crippen molar-refractivity contribution in [1.29, 1.82) is 0 Å². The molecule has 108 valence electrons. The van der Waals surface area contributed by atoms with Crippen LogP contribution < -0.4 is 5.32 Å². The summed E-state index contributed by atoms with van der Waals surface area (Å²) in [6.45, 7) is 1.75. The Kier molecular flexibility index (Phi) is 3.47. The number of nitrogens with zero attached hydrogens (tertiary/aromatic N) is 1. The minimum absolute atomic E-state index is 0.0522. The highest BCUT2D eigenvalue weighted by Crippen LogP contribution is 2.39. The molecular formula is C13H20F2N2O2. The number of halogens is 2. The zero-order chi connectivity index (χ0) is 13.5. The second-order valence-electron chi connectivity index (χ2n) is 5.80. The lowest BCUT2D eigenvalue weighted by Crippen LogP contribution is -2.62. The molecule has 1 amide bonds. The Morgan fingerprint density at radius 2 is 2.00 bits per heavy atom. The molecule has 4 nitrogen and oxygen atoms in total. The average molecular weight is 274 g/mol. The maximum atomic E-state index is 13.6. The van der Waals surface area contributed by atoms with Gasteiger partial charge in [-0.3, -0.25) is 4.79 Å². The van der Waals surface area contributed by atoms with Gasteiger partial charge in [-0.15, -0.1) is 0 Å². The van der Waals surface area contributed by atoms with E-state index in [-0.39, 0.29) is 37.5 Å². The largest absolute Gasteiger partial charge is 0.366 e. The molecule has 2 atom stereocenters. The Morgan fingerprint density at radius 3 is 2.74 bits per heavy atom. The molecule has 1 saturated carbocycles. The van der Waals surface area contributed by atoms with Gasteiger partial charge in [0.15, 0.2) is 0 Å². The van der Waals surface area contributed by atoms with Crippen molar-refractivity contribution >= 4 is 5.91 Å². The molecule has 1 N–H and O–H groups in total. The Morgan fingerprint density at radius 1 is 1.26 bits per heavy atom. The summed E-state index contributed by atoms with van der Waals surface area (Å²) in [5, 5.41) is 3.24. The first kappa shape index (κ1) is 13.2. The zero-order valence-corrected chi connectivity index (χ0v) is 10.9. The van der Waals surface area contributed by atoms with Crippen molar-refractivity contribution in [1.82, 2.24) is 10.2 Å². The summed E-state index contributed by atoms with van der Waals surface area (Å²) in [4.78, 5) is 13.8. The van der Waals surface area contributed by atoms with E-state index >= 15 is 0 Å². The standard InChI is InChI=1S/C13H20F2N2O2/c14-13(15)4-1-11-10(7-13)17(12(18)8-19-11)9-2-5-16-6-3-9/h9-11,16H,1-8H2/t10-,11-/m1/s1. The predicted octanol–water partition coefficient (Wildman–Crippen LogP) is 1.15. The molecule has 0 spiro atoms. The number of fused-ring (bicyclic) bond motifs is 1. The first-order chi connectivity index (χ1) is 9.07. The number of hydrogen-bond donors (Lipinski definition) is 1. The first-order valence-corrected chi connectivity index (χ1v) is 7.08. The van der Waals surface area contributed by atoms with E-state index in [4.69, 9.17) is 4.74 Å². The van der Waals surface area contributed by atoms with Crippen LogP contribution in [-0.2, 0) is 9.53 Å². The highest BCUT2D eigenvalue weighted by Gasteiger charge is 2.49. The number of hydrogen-bond acceptors (Lipinski definition) is 3. The highest BCUT2D eigenvalue weighted by atomic mass is 19.3. The summed E-state index contributed by atoms with van der Waals surface area (Å²) in [7, 11) is 0. The molecule has 3 aliphatic rings. The van der Waals surface area contributed by atoms with Gasteiger partial charge in [0.2, 0.25) is 11.8 Å². The summed E-state index contributed by atoms with van der Waals surface area (Å²) < 4.78 is 32.7. The van der Waals surface area contributed by atoms with E-state index in [1.807, 2.05) is 0 Å². The molecule has 3 fully saturated rings. The number of piperidine rings is 1. The zero-order valence-electron chi connectivity index (χ0n) is 10.9. The third kappa shape index (κ3) is 2.60. The van der Waals surface area contributed by atoms with Gasteiger partial charge in [-0.1, -0.05) is 0 Å². The Hall–Kier alpha value is -0.750. The van der Waals surface area contributed by atoms with Crippen molar-refractivity contribution in [2.75, 3.05) is 19.7 Å². The lowest BCUT2D eigenvalue weighted by Gasteiger charge is -2.49. The molecule has 2 saturated heterocycles. The van der Waals surface area contributed by atoms with Crippen molar-refractivity contribution in [3.05, 3.63) is 0 Å². The molecule has 3 rings (SSSR count). The Balaban J connectivity index is 1.79. The summed E-state index contributed by atoms with van der Waals surface area (Å²) >= 11 is 0. The number of ether oxygens (including phenoxy) is 1. The van der Waals surface area contributed by atoms with Gasteiger partial charge in [-0.05, 0) is 32.4 Å². The van der Waals surface area contributed by atoms with Gasteiger partial charge in [-0.25, -0.2) is 8.78 Å². The van der Waals surface area contributed by atoms with Gasteiger partial charge in [0.05, 0.1) is 12.1 Å². The minimum atomic E-state index is -2.66. The third-order valence-corrected chi connectivity index (χ3v) is 4.50. The van der Waals surface area contributed by atoms with E-state index < -0.39 is 12.0 Å². The first-order valence-electron chi connectivity index (χ1n) is 7.08. The van der Waals surface area contributed by atoms with Crippen LogP contribution in [0.1, 0.15) is 32.1 Å². The number of rotatable bonds is 1. The van der Waals surface area contributed by atoms with E-state index in [1.54, 1.807) is 4.90 Å². The maximum absolute atomic E-state index is 13.6. The van der Waals surface area contributed by atoms with E-state index in [1.165, 1.54) is 0 Å². The predicted molar refractivity (Wildman–Crippen MR) is 65.1 cm³/mol. The van der Waals surface area contributed by atoms with E-state index in [0.717, 1.165) is 25.9 Å². The molecule has 1 aliphatic carbocycles. The van der Waals surface area contributed by atoms with Crippen LogP contribution in [0.2, 0.25) is 0 Å². The fourth-order valence-electron chi connectivity index (χ4n) is 3.55. The van der Waals surface area contributed by atoms with Crippen LogP contribution >= 0.6 is 0 Å². The molecule has 2 aliphatic heterocycles. The quantitative estimate of drug-likeness (QED) is 0.780. The van der Waals surface area contributed by atoms with E-state index in [9.17, 15) is 13.6 Å². The molecule has 19 heavy (non-hydrogen) atoms. The van der Waals surface area contributed by atoms with E-state index in [2.05, 4.69) is 5.32 Å². The number of amides is 1. The fraction of sp³-hybridized carbons (Fsp3) is 0.923. The van der Waals surface area contributed by atoms with Gasteiger partial charge in [0, 0.05) is 18.9 Å². The Labute approximate surface area is 111 Å². The third-order valence-electron chi connectivity index (χ3n) is 4.50. The lowest BCUT2D eigenvalue weighted by molar-refractivity contribution is -0.182. The smallest absolute Gasteiger partial charge is 0.250 e. The molecule has 0 aromatic heterocycles. The normalized spacial score (nSPS) is 36.1. The van der Waals surface area contributed by atoms with E-state index in [0.29, 0.717) is 6.42 Å². The fourth-order valence-corrected chi connectivity index (χ4v) is 3.55. The summed E-state index contributed by atoms with van der Waals surface area (Å²) in [5.41, 5.74) is 0. The summed E-state index contributed by atoms with van der Waals surface area (Å²) in [5.74, 6) is -2.78. The van der Waals surface area contributed by atoms with Crippen LogP contribution in [0.3, 0.4) is 0 Å². The molecule has 2 heterocycles.